The average molecular weight is 238 g/mol. The minimum absolute atomic E-state index is 0.0269. The van der Waals surface area contributed by atoms with Gasteiger partial charge in [0.25, 0.3) is 0 Å². The third kappa shape index (κ3) is 4.17. The first-order chi connectivity index (χ1) is 8.04. The Labute approximate surface area is 101 Å². The van der Waals surface area contributed by atoms with Crippen molar-refractivity contribution in [3.63, 3.8) is 0 Å². The molecule has 1 N–H and O–H groups in total. The number of benzene rings is 1. The van der Waals surface area contributed by atoms with Gasteiger partial charge >= 0.3 is 0 Å². The lowest BCUT2D eigenvalue weighted by molar-refractivity contribution is 0.0324. The highest BCUT2D eigenvalue weighted by Gasteiger charge is 2.07. The fourth-order valence-corrected chi connectivity index (χ4v) is 1.46. The summed E-state index contributed by atoms with van der Waals surface area (Å²) < 4.78 is 10.2. The van der Waals surface area contributed by atoms with E-state index in [-0.39, 0.29) is 19.0 Å². The SMILES string of the molecule is COCC(O)COc1ccc(C(C)=O)cc1C. The van der Waals surface area contributed by atoms with E-state index in [4.69, 9.17) is 9.47 Å². The summed E-state index contributed by atoms with van der Waals surface area (Å²) in [5.74, 6) is 0.698. The van der Waals surface area contributed by atoms with Gasteiger partial charge in [0, 0.05) is 12.7 Å². The molecule has 0 aliphatic carbocycles. The van der Waals surface area contributed by atoms with Gasteiger partial charge in [0.15, 0.2) is 5.78 Å². The van der Waals surface area contributed by atoms with Crippen molar-refractivity contribution in [2.24, 2.45) is 0 Å². The molecule has 1 aromatic rings. The number of hydrogen-bond acceptors (Lipinski definition) is 4. The Morgan fingerprint density at radius 1 is 1.41 bits per heavy atom. The smallest absolute Gasteiger partial charge is 0.159 e. The number of ketones is 1. The summed E-state index contributed by atoms with van der Waals surface area (Å²) in [6.07, 6.45) is -0.646. The minimum Gasteiger partial charge on any atom is -0.491 e. The summed E-state index contributed by atoms with van der Waals surface area (Å²) in [5.41, 5.74) is 1.54. The Kier molecular flexibility index (Phi) is 5.12. The van der Waals surface area contributed by atoms with E-state index in [1.165, 1.54) is 14.0 Å². The van der Waals surface area contributed by atoms with E-state index in [0.29, 0.717) is 11.3 Å². The number of rotatable bonds is 6. The summed E-state index contributed by atoms with van der Waals surface area (Å²) in [7, 11) is 1.52. The Hall–Kier alpha value is -1.39. The van der Waals surface area contributed by atoms with E-state index in [2.05, 4.69) is 0 Å². The summed E-state index contributed by atoms with van der Waals surface area (Å²) in [5, 5.41) is 9.44. The predicted octanol–water partition coefficient (Wildman–Crippen LogP) is 1.58. The standard InChI is InChI=1S/C13H18O4/c1-9-6-11(10(2)14)4-5-13(9)17-8-12(15)7-16-3/h4-6,12,15H,7-8H2,1-3H3. The number of aryl methyl sites for hydroxylation is 1. The molecule has 0 amide bonds. The lowest BCUT2D eigenvalue weighted by atomic mass is 10.1. The van der Waals surface area contributed by atoms with Crippen LogP contribution in [0.1, 0.15) is 22.8 Å². The Morgan fingerprint density at radius 2 is 2.12 bits per heavy atom. The second kappa shape index (κ2) is 6.37. The van der Waals surface area contributed by atoms with Gasteiger partial charge in [-0.2, -0.15) is 0 Å². The molecular weight excluding hydrogens is 220 g/mol. The Balaban J connectivity index is 2.63. The first kappa shape index (κ1) is 13.7. The van der Waals surface area contributed by atoms with Gasteiger partial charge in [-0.3, -0.25) is 4.79 Å². The number of Topliss-reactive ketones (excluding diaryl/α,β-unsaturated/α-hetero) is 1. The monoisotopic (exact) mass is 238 g/mol. The van der Waals surface area contributed by atoms with E-state index in [1.807, 2.05) is 6.92 Å². The molecular formula is C13H18O4. The third-order valence-corrected chi connectivity index (χ3v) is 2.37. The van der Waals surface area contributed by atoms with Gasteiger partial charge in [0.1, 0.15) is 18.5 Å². The number of aliphatic hydroxyl groups is 1. The summed E-state index contributed by atoms with van der Waals surface area (Å²) >= 11 is 0. The molecule has 0 fully saturated rings. The second-order valence-corrected chi connectivity index (χ2v) is 3.96. The molecule has 0 aliphatic heterocycles. The average Bonchev–Trinajstić information content (AvgIpc) is 2.27. The van der Waals surface area contributed by atoms with Gasteiger partial charge in [-0.15, -0.1) is 0 Å². The maximum atomic E-state index is 11.2. The van der Waals surface area contributed by atoms with Gasteiger partial charge in [0.2, 0.25) is 0 Å². The lowest BCUT2D eigenvalue weighted by Crippen LogP contribution is -2.22. The topological polar surface area (TPSA) is 55.8 Å². The van der Waals surface area contributed by atoms with Crippen molar-refractivity contribution in [1.82, 2.24) is 0 Å². The van der Waals surface area contributed by atoms with Crippen molar-refractivity contribution in [1.29, 1.82) is 0 Å². The van der Waals surface area contributed by atoms with Crippen LogP contribution in [0.15, 0.2) is 18.2 Å². The van der Waals surface area contributed by atoms with Crippen molar-refractivity contribution in [3.8, 4) is 5.75 Å². The van der Waals surface area contributed by atoms with Crippen molar-refractivity contribution in [3.05, 3.63) is 29.3 Å². The minimum atomic E-state index is -0.646. The highest BCUT2D eigenvalue weighted by atomic mass is 16.5. The van der Waals surface area contributed by atoms with Gasteiger partial charge in [-0.1, -0.05) is 0 Å². The highest BCUT2D eigenvalue weighted by Crippen LogP contribution is 2.19. The first-order valence-electron chi connectivity index (χ1n) is 5.46. The maximum absolute atomic E-state index is 11.2. The molecule has 4 nitrogen and oxygen atoms in total. The second-order valence-electron chi connectivity index (χ2n) is 3.96. The molecule has 1 aromatic carbocycles. The Bertz CT molecular complexity index is 387. The van der Waals surface area contributed by atoms with Crippen LogP contribution >= 0.6 is 0 Å². The zero-order valence-corrected chi connectivity index (χ0v) is 10.4. The first-order valence-corrected chi connectivity index (χ1v) is 5.46. The zero-order valence-electron chi connectivity index (χ0n) is 10.4. The molecule has 0 spiro atoms. The van der Waals surface area contributed by atoms with Crippen LogP contribution in [0.2, 0.25) is 0 Å². The van der Waals surface area contributed by atoms with Gasteiger partial charge in [-0.05, 0) is 37.6 Å². The van der Waals surface area contributed by atoms with E-state index in [0.717, 1.165) is 5.56 Å². The van der Waals surface area contributed by atoms with Gasteiger partial charge < -0.3 is 14.6 Å². The molecule has 0 saturated carbocycles. The third-order valence-electron chi connectivity index (χ3n) is 2.37. The molecule has 0 saturated heterocycles. The van der Waals surface area contributed by atoms with Crippen LogP contribution in [0.25, 0.3) is 0 Å². The molecule has 4 heteroatoms. The molecule has 0 aromatic heterocycles. The zero-order chi connectivity index (χ0) is 12.8. The quantitative estimate of drug-likeness (QED) is 0.764. The van der Waals surface area contributed by atoms with Crippen molar-refractivity contribution in [2.45, 2.75) is 20.0 Å². The van der Waals surface area contributed by atoms with Crippen molar-refractivity contribution < 1.29 is 19.4 Å². The van der Waals surface area contributed by atoms with Crippen molar-refractivity contribution in [2.75, 3.05) is 20.3 Å². The number of methoxy groups -OCH3 is 1. The van der Waals surface area contributed by atoms with Crippen LogP contribution in [-0.4, -0.2) is 37.3 Å². The molecule has 1 atom stereocenters. The van der Waals surface area contributed by atoms with E-state index < -0.39 is 6.10 Å². The maximum Gasteiger partial charge on any atom is 0.159 e. The predicted molar refractivity (Wildman–Crippen MR) is 64.6 cm³/mol. The number of hydrogen-bond donors (Lipinski definition) is 1. The number of aliphatic hydroxyl groups excluding tert-OH is 1. The molecule has 0 aliphatic rings. The Morgan fingerprint density at radius 3 is 2.65 bits per heavy atom. The van der Waals surface area contributed by atoms with Gasteiger partial charge in [0.05, 0.1) is 6.61 Å². The van der Waals surface area contributed by atoms with Crippen LogP contribution in [0.5, 0.6) is 5.75 Å². The summed E-state index contributed by atoms with van der Waals surface area (Å²) in [4.78, 5) is 11.2. The largest absolute Gasteiger partial charge is 0.491 e. The molecule has 0 radical (unpaired) electrons. The fourth-order valence-electron chi connectivity index (χ4n) is 1.46. The molecule has 94 valence electrons. The van der Waals surface area contributed by atoms with Crippen molar-refractivity contribution >= 4 is 5.78 Å². The van der Waals surface area contributed by atoms with E-state index >= 15 is 0 Å². The summed E-state index contributed by atoms with van der Waals surface area (Å²) in [6, 6.07) is 5.24. The molecule has 17 heavy (non-hydrogen) atoms. The highest BCUT2D eigenvalue weighted by molar-refractivity contribution is 5.94. The van der Waals surface area contributed by atoms with Crippen LogP contribution in [0.4, 0.5) is 0 Å². The van der Waals surface area contributed by atoms with Crippen LogP contribution in [-0.2, 0) is 4.74 Å². The molecule has 1 rings (SSSR count). The molecule has 0 bridgehead atoms. The number of ether oxygens (including phenoxy) is 2. The van der Waals surface area contributed by atoms with Crippen LogP contribution in [0, 0.1) is 6.92 Å². The molecule has 1 unspecified atom stereocenters. The number of carbonyl (C=O) groups excluding carboxylic acids is 1. The fraction of sp³-hybridized carbons (Fsp3) is 0.462. The van der Waals surface area contributed by atoms with Crippen LogP contribution in [0.3, 0.4) is 0 Å². The summed E-state index contributed by atoms with van der Waals surface area (Å²) in [6.45, 7) is 3.81. The van der Waals surface area contributed by atoms with E-state index in [9.17, 15) is 9.90 Å². The lowest BCUT2D eigenvalue weighted by Gasteiger charge is -2.13. The normalized spacial score (nSPS) is 12.2. The number of carbonyl (C=O) groups is 1. The van der Waals surface area contributed by atoms with Crippen LogP contribution < -0.4 is 4.74 Å². The van der Waals surface area contributed by atoms with E-state index in [1.54, 1.807) is 18.2 Å². The molecule has 0 heterocycles. The van der Waals surface area contributed by atoms with Gasteiger partial charge in [-0.25, -0.2) is 0 Å².